The van der Waals surface area contributed by atoms with Crippen LogP contribution in [0.2, 0.25) is 0 Å². The Morgan fingerprint density at radius 2 is 1.90 bits per heavy atom. The fourth-order valence-electron chi connectivity index (χ4n) is 3.24. The van der Waals surface area contributed by atoms with Gasteiger partial charge in [-0.05, 0) is 42.8 Å². The quantitative estimate of drug-likeness (QED) is 0.716. The van der Waals surface area contributed by atoms with Crippen LogP contribution >= 0.6 is 15.9 Å². The number of morpholine rings is 1. The van der Waals surface area contributed by atoms with Crippen LogP contribution in [-0.4, -0.2) is 57.5 Å². The molecule has 1 aromatic rings. The Bertz CT molecular complexity index is 537. The summed E-state index contributed by atoms with van der Waals surface area (Å²) in [5.41, 5.74) is 1.07. The van der Waals surface area contributed by atoms with Crippen molar-refractivity contribution in [1.29, 1.82) is 0 Å². The zero-order valence-electron chi connectivity index (χ0n) is 12.6. The molecule has 0 radical (unpaired) electrons. The van der Waals surface area contributed by atoms with Gasteiger partial charge in [-0.25, -0.2) is 4.79 Å². The van der Waals surface area contributed by atoms with Crippen molar-refractivity contribution >= 4 is 22.0 Å². The average Bonchev–Trinajstić information content (AvgIpc) is 2.77. The number of carbonyl (C=O) groups is 1. The van der Waals surface area contributed by atoms with Gasteiger partial charge in [-0.3, -0.25) is 4.68 Å². The maximum absolute atomic E-state index is 12.8. The molecule has 1 aromatic heterocycles. The standard InChI is InChI=1S/C14H21BrN4O2/c1-9-5-17(8-12-4-13(15)16-19(9)12)14(20)18-6-10(2)21-11(3)7-18/h4,9-11H,5-8H2,1-3H3/t9-,10-,11+/m0/s1. The molecule has 0 spiro atoms. The van der Waals surface area contributed by atoms with Gasteiger partial charge in [0, 0.05) is 19.6 Å². The lowest BCUT2D eigenvalue weighted by Gasteiger charge is -2.40. The highest BCUT2D eigenvalue weighted by Gasteiger charge is 2.32. The van der Waals surface area contributed by atoms with E-state index in [4.69, 9.17) is 4.74 Å². The van der Waals surface area contributed by atoms with Crippen LogP contribution in [0.25, 0.3) is 0 Å². The number of rotatable bonds is 0. The molecular formula is C14H21BrN4O2. The summed E-state index contributed by atoms with van der Waals surface area (Å²) in [6, 6.07) is 2.29. The van der Waals surface area contributed by atoms with Crippen LogP contribution in [0.5, 0.6) is 0 Å². The molecule has 6 nitrogen and oxygen atoms in total. The van der Waals surface area contributed by atoms with Gasteiger partial charge in [-0.2, -0.15) is 5.10 Å². The minimum atomic E-state index is 0.0968. The Labute approximate surface area is 133 Å². The number of carbonyl (C=O) groups excluding carboxylic acids is 1. The summed E-state index contributed by atoms with van der Waals surface area (Å²) >= 11 is 3.41. The Balaban J connectivity index is 1.74. The van der Waals surface area contributed by atoms with Crippen molar-refractivity contribution in [2.75, 3.05) is 19.6 Å². The van der Waals surface area contributed by atoms with Gasteiger partial charge < -0.3 is 14.5 Å². The van der Waals surface area contributed by atoms with E-state index in [0.717, 1.165) is 10.3 Å². The third-order valence-electron chi connectivity index (χ3n) is 4.00. The first-order valence-corrected chi connectivity index (χ1v) is 8.16. The first kappa shape index (κ1) is 14.8. The van der Waals surface area contributed by atoms with E-state index in [9.17, 15) is 4.79 Å². The number of hydrogen-bond acceptors (Lipinski definition) is 3. The minimum absolute atomic E-state index is 0.0968. The van der Waals surface area contributed by atoms with E-state index in [1.807, 2.05) is 34.4 Å². The van der Waals surface area contributed by atoms with Gasteiger partial charge in [0.1, 0.15) is 4.60 Å². The maximum Gasteiger partial charge on any atom is 0.320 e. The lowest BCUT2D eigenvalue weighted by Crippen LogP contribution is -2.54. The van der Waals surface area contributed by atoms with Crippen LogP contribution in [-0.2, 0) is 11.3 Å². The molecule has 0 aliphatic carbocycles. The molecule has 0 unspecified atom stereocenters. The summed E-state index contributed by atoms with van der Waals surface area (Å²) in [5.74, 6) is 0. The fourth-order valence-corrected chi connectivity index (χ4v) is 3.67. The molecule has 1 saturated heterocycles. The first-order chi connectivity index (χ1) is 9.94. The van der Waals surface area contributed by atoms with E-state index in [2.05, 4.69) is 28.0 Å². The van der Waals surface area contributed by atoms with Gasteiger partial charge >= 0.3 is 6.03 Å². The number of aromatic nitrogens is 2. The van der Waals surface area contributed by atoms with E-state index >= 15 is 0 Å². The molecule has 2 amide bonds. The largest absolute Gasteiger partial charge is 0.372 e. The number of nitrogens with zero attached hydrogens (tertiary/aromatic N) is 4. The number of urea groups is 1. The van der Waals surface area contributed by atoms with Crippen molar-refractivity contribution < 1.29 is 9.53 Å². The molecule has 0 saturated carbocycles. The van der Waals surface area contributed by atoms with Crippen molar-refractivity contribution in [3.8, 4) is 0 Å². The monoisotopic (exact) mass is 356 g/mol. The molecule has 3 rings (SSSR count). The summed E-state index contributed by atoms with van der Waals surface area (Å²) in [6.07, 6.45) is 0.194. The minimum Gasteiger partial charge on any atom is -0.372 e. The van der Waals surface area contributed by atoms with Gasteiger partial charge in [0.15, 0.2) is 0 Å². The molecule has 0 bridgehead atoms. The third-order valence-corrected chi connectivity index (χ3v) is 4.39. The average molecular weight is 357 g/mol. The van der Waals surface area contributed by atoms with Crippen LogP contribution in [0.1, 0.15) is 32.5 Å². The van der Waals surface area contributed by atoms with Crippen molar-refractivity contribution in [3.05, 3.63) is 16.4 Å². The van der Waals surface area contributed by atoms with E-state index in [1.165, 1.54) is 0 Å². The molecule has 116 valence electrons. The number of ether oxygens (including phenoxy) is 1. The summed E-state index contributed by atoms with van der Waals surface area (Å²) in [7, 11) is 0. The summed E-state index contributed by atoms with van der Waals surface area (Å²) < 4.78 is 8.53. The summed E-state index contributed by atoms with van der Waals surface area (Å²) in [4.78, 5) is 16.6. The molecule has 2 aliphatic heterocycles. The van der Waals surface area contributed by atoms with E-state index in [0.29, 0.717) is 26.2 Å². The van der Waals surface area contributed by atoms with E-state index in [1.54, 1.807) is 0 Å². The Hall–Kier alpha value is -1.08. The molecule has 0 N–H and O–H groups in total. The number of halogens is 1. The van der Waals surface area contributed by atoms with E-state index < -0.39 is 0 Å². The van der Waals surface area contributed by atoms with Gasteiger partial charge in [0.2, 0.25) is 0 Å². The highest BCUT2D eigenvalue weighted by molar-refractivity contribution is 9.10. The van der Waals surface area contributed by atoms with Gasteiger partial charge in [-0.1, -0.05) is 0 Å². The molecule has 3 atom stereocenters. The molecule has 21 heavy (non-hydrogen) atoms. The van der Waals surface area contributed by atoms with Crippen molar-refractivity contribution in [2.24, 2.45) is 0 Å². The maximum atomic E-state index is 12.8. The third kappa shape index (κ3) is 2.94. The molecule has 2 aliphatic rings. The molecule has 0 aromatic carbocycles. The highest BCUT2D eigenvalue weighted by Crippen LogP contribution is 2.25. The normalized spacial score (nSPS) is 29.4. The van der Waals surface area contributed by atoms with Crippen LogP contribution in [0, 0.1) is 0 Å². The topological polar surface area (TPSA) is 50.6 Å². The second-order valence-electron chi connectivity index (χ2n) is 6.08. The molecule has 7 heteroatoms. The Morgan fingerprint density at radius 1 is 1.24 bits per heavy atom. The smallest absolute Gasteiger partial charge is 0.320 e. The van der Waals surface area contributed by atoms with Gasteiger partial charge in [0.25, 0.3) is 0 Å². The molecule has 1 fully saturated rings. The molecular weight excluding hydrogens is 336 g/mol. The predicted octanol–water partition coefficient (Wildman–Crippen LogP) is 2.25. The van der Waals surface area contributed by atoms with Crippen LogP contribution in [0.4, 0.5) is 4.79 Å². The van der Waals surface area contributed by atoms with Crippen molar-refractivity contribution in [3.63, 3.8) is 0 Å². The van der Waals surface area contributed by atoms with Crippen LogP contribution in [0.3, 0.4) is 0 Å². The van der Waals surface area contributed by atoms with Crippen molar-refractivity contribution in [2.45, 2.75) is 45.6 Å². The Morgan fingerprint density at radius 3 is 2.57 bits per heavy atom. The summed E-state index contributed by atoms with van der Waals surface area (Å²) in [5, 5.41) is 4.42. The number of fused-ring (bicyclic) bond motifs is 1. The lowest BCUT2D eigenvalue weighted by molar-refractivity contribution is -0.0591. The van der Waals surface area contributed by atoms with Crippen LogP contribution < -0.4 is 0 Å². The van der Waals surface area contributed by atoms with Crippen molar-refractivity contribution in [1.82, 2.24) is 19.6 Å². The fraction of sp³-hybridized carbons (Fsp3) is 0.714. The zero-order chi connectivity index (χ0) is 15.1. The first-order valence-electron chi connectivity index (χ1n) is 7.37. The lowest BCUT2D eigenvalue weighted by atomic mass is 10.2. The summed E-state index contributed by atoms with van der Waals surface area (Å²) in [6.45, 7) is 8.75. The highest BCUT2D eigenvalue weighted by atomic mass is 79.9. The van der Waals surface area contributed by atoms with Gasteiger partial charge in [-0.15, -0.1) is 0 Å². The second kappa shape index (κ2) is 5.61. The van der Waals surface area contributed by atoms with Gasteiger partial charge in [0.05, 0.1) is 30.5 Å². The van der Waals surface area contributed by atoms with Crippen LogP contribution in [0.15, 0.2) is 10.7 Å². The Kier molecular flexibility index (Phi) is 3.96. The zero-order valence-corrected chi connectivity index (χ0v) is 14.2. The number of hydrogen-bond donors (Lipinski definition) is 0. The SMILES string of the molecule is C[C@@H]1CN(C(=O)N2Cc3cc(Br)nn3[C@@H](C)C2)C[C@H](C)O1. The predicted molar refractivity (Wildman–Crippen MR) is 82.0 cm³/mol. The molecule has 3 heterocycles. The van der Waals surface area contributed by atoms with E-state index in [-0.39, 0.29) is 24.3 Å². The second-order valence-corrected chi connectivity index (χ2v) is 6.89. The number of amides is 2.